The maximum Gasteiger partial charge on any atom is 0.251 e. The van der Waals surface area contributed by atoms with Gasteiger partial charge < -0.3 is 10.6 Å². The first kappa shape index (κ1) is 22.3. The van der Waals surface area contributed by atoms with Gasteiger partial charge in [-0.1, -0.05) is 31.2 Å². The fraction of sp³-hybridized carbons (Fsp3) is 0.238. The minimum atomic E-state index is -3.71. The molecule has 0 aliphatic rings. The van der Waals surface area contributed by atoms with E-state index in [0.717, 1.165) is 12.0 Å². The number of sulfonamides is 1. The number of anilines is 1. The van der Waals surface area contributed by atoms with Crippen molar-refractivity contribution in [2.75, 3.05) is 11.9 Å². The van der Waals surface area contributed by atoms with Crippen molar-refractivity contribution in [2.24, 2.45) is 0 Å². The van der Waals surface area contributed by atoms with Crippen molar-refractivity contribution in [3.05, 3.63) is 72.3 Å². The molecule has 0 bridgehead atoms. The summed E-state index contributed by atoms with van der Waals surface area (Å²) in [7, 11) is -3.71. The summed E-state index contributed by atoms with van der Waals surface area (Å²) in [6.45, 7) is 5.74. The zero-order valence-electron chi connectivity index (χ0n) is 16.3. The molecule has 0 fully saturated rings. The Kier molecular flexibility index (Phi) is 8.11. The molecule has 0 aliphatic heterocycles. The van der Waals surface area contributed by atoms with E-state index in [1.165, 1.54) is 24.3 Å². The molecule has 2 aromatic rings. The van der Waals surface area contributed by atoms with Crippen LogP contribution >= 0.6 is 0 Å². The van der Waals surface area contributed by atoms with Gasteiger partial charge in [0.2, 0.25) is 15.9 Å². The molecule has 2 rings (SSSR count). The monoisotopic (exact) mass is 415 g/mol. The lowest BCUT2D eigenvalue weighted by Crippen LogP contribution is -2.25. The van der Waals surface area contributed by atoms with E-state index in [-0.39, 0.29) is 29.5 Å². The molecule has 0 radical (unpaired) electrons. The van der Waals surface area contributed by atoms with Crippen LogP contribution in [0.2, 0.25) is 0 Å². The molecule has 8 heteroatoms. The number of carbonyl (C=O) groups is 2. The fourth-order valence-electron chi connectivity index (χ4n) is 2.55. The first-order chi connectivity index (χ1) is 13.9. The first-order valence-electron chi connectivity index (χ1n) is 9.23. The highest BCUT2D eigenvalue weighted by molar-refractivity contribution is 7.89. The summed E-state index contributed by atoms with van der Waals surface area (Å²) in [6.07, 6.45) is 2.65. The van der Waals surface area contributed by atoms with Crippen molar-refractivity contribution in [3.63, 3.8) is 0 Å². The standard InChI is InChI=1S/C21H25N3O4S/c1-3-7-20(25)24-18-10-5-8-16(13-18)15-22-21(26)17-9-6-11-19(14-17)29(27,28)23-12-4-2/h4-6,8-11,13-14,23H,2-3,7,12,15H2,1H3,(H,22,26)(H,24,25). The van der Waals surface area contributed by atoms with Crippen LogP contribution in [0.1, 0.15) is 35.7 Å². The summed E-state index contributed by atoms with van der Waals surface area (Å²) in [4.78, 5) is 24.2. The van der Waals surface area contributed by atoms with Gasteiger partial charge >= 0.3 is 0 Å². The second-order valence-corrected chi connectivity index (χ2v) is 8.12. The van der Waals surface area contributed by atoms with Gasteiger partial charge in [0.05, 0.1) is 4.90 Å². The molecule has 0 spiro atoms. The lowest BCUT2D eigenvalue weighted by Gasteiger charge is -2.10. The van der Waals surface area contributed by atoms with Crippen LogP contribution in [-0.4, -0.2) is 26.8 Å². The van der Waals surface area contributed by atoms with Crippen molar-refractivity contribution in [2.45, 2.75) is 31.2 Å². The molecular formula is C21H25N3O4S. The zero-order chi connectivity index (χ0) is 21.3. The van der Waals surface area contributed by atoms with Gasteiger partial charge in [-0.2, -0.15) is 0 Å². The van der Waals surface area contributed by atoms with Crippen molar-refractivity contribution in [1.29, 1.82) is 0 Å². The Balaban J connectivity index is 2.04. The number of rotatable bonds is 10. The third-order valence-electron chi connectivity index (χ3n) is 3.97. The number of hydrogen-bond donors (Lipinski definition) is 3. The Hall–Kier alpha value is -2.97. The number of carbonyl (C=O) groups excluding carboxylic acids is 2. The van der Waals surface area contributed by atoms with Crippen molar-refractivity contribution in [3.8, 4) is 0 Å². The maximum absolute atomic E-state index is 12.4. The molecule has 0 unspecified atom stereocenters. The maximum atomic E-state index is 12.4. The van der Waals surface area contributed by atoms with Crippen molar-refractivity contribution < 1.29 is 18.0 Å². The Labute approximate surface area is 171 Å². The predicted octanol–water partition coefficient (Wildman–Crippen LogP) is 2.82. The lowest BCUT2D eigenvalue weighted by atomic mass is 10.1. The molecule has 0 saturated carbocycles. The van der Waals surface area contributed by atoms with E-state index >= 15 is 0 Å². The molecule has 0 aliphatic carbocycles. The molecule has 2 amide bonds. The average molecular weight is 416 g/mol. The SMILES string of the molecule is C=CCNS(=O)(=O)c1cccc(C(=O)NCc2cccc(NC(=O)CCC)c2)c1. The van der Waals surface area contributed by atoms with Crippen LogP contribution in [0.25, 0.3) is 0 Å². The van der Waals surface area contributed by atoms with E-state index in [9.17, 15) is 18.0 Å². The minimum Gasteiger partial charge on any atom is -0.348 e. The molecule has 3 N–H and O–H groups in total. The van der Waals surface area contributed by atoms with Gasteiger partial charge in [0.25, 0.3) is 5.91 Å². The highest BCUT2D eigenvalue weighted by atomic mass is 32.2. The molecular weight excluding hydrogens is 390 g/mol. The van der Waals surface area contributed by atoms with Gasteiger partial charge in [0.1, 0.15) is 0 Å². The molecule has 7 nitrogen and oxygen atoms in total. The first-order valence-corrected chi connectivity index (χ1v) is 10.7. The number of hydrogen-bond acceptors (Lipinski definition) is 4. The van der Waals surface area contributed by atoms with E-state index in [1.807, 2.05) is 13.0 Å². The molecule has 0 atom stereocenters. The molecule has 154 valence electrons. The van der Waals surface area contributed by atoms with E-state index in [2.05, 4.69) is 21.9 Å². The van der Waals surface area contributed by atoms with Crippen LogP contribution < -0.4 is 15.4 Å². The molecule has 0 heterocycles. The molecule has 29 heavy (non-hydrogen) atoms. The van der Waals surface area contributed by atoms with E-state index < -0.39 is 15.9 Å². The van der Waals surface area contributed by atoms with E-state index in [1.54, 1.807) is 24.3 Å². The van der Waals surface area contributed by atoms with Crippen LogP contribution in [-0.2, 0) is 21.4 Å². The van der Waals surface area contributed by atoms with Crippen molar-refractivity contribution in [1.82, 2.24) is 10.0 Å². The summed E-state index contributed by atoms with van der Waals surface area (Å²) in [5, 5.41) is 5.57. The summed E-state index contributed by atoms with van der Waals surface area (Å²) < 4.78 is 26.8. The topological polar surface area (TPSA) is 104 Å². The van der Waals surface area contributed by atoms with E-state index in [4.69, 9.17) is 0 Å². The Morgan fingerprint density at radius 1 is 1.10 bits per heavy atom. The summed E-state index contributed by atoms with van der Waals surface area (Å²) in [5.41, 5.74) is 1.71. The van der Waals surface area contributed by atoms with Gasteiger partial charge in [-0.05, 0) is 42.3 Å². The quantitative estimate of drug-likeness (QED) is 0.519. The van der Waals surface area contributed by atoms with Crippen LogP contribution in [0, 0.1) is 0 Å². The summed E-state index contributed by atoms with van der Waals surface area (Å²) in [6, 6.07) is 13.0. The van der Waals surface area contributed by atoms with Gasteiger partial charge in [-0.25, -0.2) is 13.1 Å². The minimum absolute atomic E-state index is 0.00707. The second-order valence-electron chi connectivity index (χ2n) is 6.35. The van der Waals surface area contributed by atoms with Crippen LogP contribution in [0.5, 0.6) is 0 Å². The second kappa shape index (κ2) is 10.5. The lowest BCUT2D eigenvalue weighted by molar-refractivity contribution is -0.116. The van der Waals surface area contributed by atoms with E-state index in [0.29, 0.717) is 12.1 Å². The van der Waals surface area contributed by atoms with Gasteiger partial charge in [-0.3, -0.25) is 9.59 Å². The number of nitrogens with one attached hydrogen (secondary N) is 3. The van der Waals surface area contributed by atoms with Crippen LogP contribution in [0.3, 0.4) is 0 Å². The largest absolute Gasteiger partial charge is 0.348 e. The number of amides is 2. The third kappa shape index (κ3) is 6.85. The van der Waals surface area contributed by atoms with Gasteiger partial charge in [0, 0.05) is 30.8 Å². The highest BCUT2D eigenvalue weighted by Crippen LogP contribution is 2.13. The average Bonchev–Trinajstić information content (AvgIpc) is 2.71. The highest BCUT2D eigenvalue weighted by Gasteiger charge is 2.15. The Bertz CT molecular complexity index is 987. The molecule has 0 saturated heterocycles. The normalized spacial score (nSPS) is 10.9. The predicted molar refractivity (Wildman–Crippen MR) is 113 cm³/mol. The molecule has 0 aromatic heterocycles. The Morgan fingerprint density at radius 3 is 2.59 bits per heavy atom. The van der Waals surface area contributed by atoms with Gasteiger partial charge in [0.15, 0.2) is 0 Å². The zero-order valence-corrected chi connectivity index (χ0v) is 17.1. The smallest absolute Gasteiger partial charge is 0.251 e. The summed E-state index contributed by atoms with van der Waals surface area (Å²) >= 11 is 0. The number of benzene rings is 2. The van der Waals surface area contributed by atoms with Crippen LogP contribution in [0.15, 0.2) is 66.1 Å². The van der Waals surface area contributed by atoms with Crippen LogP contribution in [0.4, 0.5) is 5.69 Å². The van der Waals surface area contributed by atoms with Gasteiger partial charge in [-0.15, -0.1) is 6.58 Å². The Morgan fingerprint density at radius 2 is 1.86 bits per heavy atom. The fourth-order valence-corrected chi connectivity index (χ4v) is 3.59. The van der Waals surface area contributed by atoms with Crippen molar-refractivity contribution >= 4 is 27.5 Å². The third-order valence-corrected chi connectivity index (χ3v) is 5.39. The summed E-state index contributed by atoms with van der Waals surface area (Å²) in [5.74, 6) is -0.456. The molecule has 2 aromatic carbocycles.